The summed E-state index contributed by atoms with van der Waals surface area (Å²) in [7, 11) is 0. The molecule has 0 fully saturated rings. The van der Waals surface area contributed by atoms with Gasteiger partial charge >= 0.3 is 6.36 Å². The van der Waals surface area contributed by atoms with Crippen molar-refractivity contribution in [2.45, 2.75) is 61.1 Å². The highest BCUT2D eigenvalue weighted by Crippen LogP contribution is 2.40. The summed E-state index contributed by atoms with van der Waals surface area (Å²) >= 11 is 1.05. The summed E-state index contributed by atoms with van der Waals surface area (Å²) in [5.74, 6) is 0.448. The van der Waals surface area contributed by atoms with E-state index in [2.05, 4.69) is 9.72 Å². The molecule has 4 rings (SSSR count). The molecule has 2 aromatic carbocycles. The quantitative estimate of drug-likeness (QED) is 0.521. The maximum Gasteiger partial charge on any atom is 0.573 e. The highest BCUT2D eigenvalue weighted by molar-refractivity contribution is 7.99. The fourth-order valence-corrected chi connectivity index (χ4v) is 4.54. The van der Waals surface area contributed by atoms with Crippen molar-refractivity contribution in [3.05, 3.63) is 70.8 Å². The number of benzene rings is 2. The third-order valence-corrected chi connectivity index (χ3v) is 6.49. The van der Waals surface area contributed by atoms with Gasteiger partial charge in [-0.1, -0.05) is 18.7 Å². The normalized spacial score (nSPS) is 18.2. The van der Waals surface area contributed by atoms with Crippen molar-refractivity contribution >= 4 is 11.8 Å². The Bertz CT molecular complexity index is 1240. The van der Waals surface area contributed by atoms with Gasteiger partial charge in [-0.2, -0.15) is 0 Å². The number of alkyl halides is 3. The van der Waals surface area contributed by atoms with Crippen LogP contribution >= 0.6 is 11.8 Å². The molecule has 6 nitrogen and oxygen atoms in total. The number of hydrogen-bond donors (Lipinski definition) is 1. The Morgan fingerprint density at radius 3 is 2.53 bits per heavy atom. The van der Waals surface area contributed by atoms with E-state index in [9.17, 15) is 23.1 Å². The first-order chi connectivity index (χ1) is 15.9. The molecule has 0 saturated heterocycles. The van der Waals surface area contributed by atoms with Gasteiger partial charge in [0, 0.05) is 23.0 Å². The minimum atomic E-state index is -4.77. The van der Waals surface area contributed by atoms with E-state index in [4.69, 9.17) is 4.74 Å². The number of fused-ring (bicyclic) bond motifs is 1. The first-order valence-corrected chi connectivity index (χ1v) is 11.4. The first kappa shape index (κ1) is 24.2. The van der Waals surface area contributed by atoms with E-state index in [0.29, 0.717) is 22.8 Å². The molecule has 1 aliphatic rings. The average Bonchev–Trinajstić information content (AvgIpc) is 2.75. The summed E-state index contributed by atoms with van der Waals surface area (Å²) in [5, 5.41) is 10.5. The molecule has 1 aliphatic heterocycles. The van der Waals surface area contributed by atoms with Crippen LogP contribution in [0.2, 0.25) is 0 Å². The largest absolute Gasteiger partial charge is 0.573 e. The minimum Gasteiger partial charge on any atom is -0.487 e. The van der Waals surface area contributed by atoms with Crippen LogP contribution in [-0.4, -0.2) is 32.7 Å². The minimum absolute atomic E-state index is 0.115. The van der Waals surface area contributed by atoms with Gasteiger partial charge in [0.05, 0.1) is 5.60 Å². The second-order valence-electron chi connectivity index (χ2n) is 8.65. The third-order valence-electron chi connectivity index (χ3n) is 5.51. The molecule has 2 unspecified atom stereocenters. The van der Waals surface area contributed by atoms with Crippen molar-refractivity contribution in [1.29, 1.82) is 0 Å². The van der Waals surface area contributed by atoms with E-state index in [1.165, 1.54) is 35.0 Å². The lowest BCUT2D eigenvalue weighted by Crippen LogP contribution is -2.43. The van der Waals surface area contributed by atoms with Crippen LogP contribution in [0.25, 0.3) is 5.69 Å². The van der Waals surface area contributed by atoms with Crippen LogP contribution in [0, 0.1) is 0 Å². The fourth-order valence-electron chi connectivity index (χ4n) is 3.75. The highest BCUT2D eigenvalue weighted by Gasteiger charge is 2.35. The molecule has 180 valence electrons. The lowest BCUT2D eigenvalue weighted by atomic mass is 9.85. The zero-order valence-electron chi connectivity index (χ0n) is 18.7. The molecule has 2 heterocycles. The van der Waals surface area contributed by atoms with Gasteiger partial charge in [-0.15, -0.1) is 13.2 Å². The fraction of sp³-hybridized carbons (Fsp3) is 0.333. The number of nitrogens with zero attached hydrogens (tertiary/aromatic N) is 2. The standard InChI is InChI=1S/C24H23F3N2O4S/c1-14-12-20(23(2,3)31)32-19-9-4-15(13-18(14)19)29-11-10-28-21(22(29)30)34-17-7-5-16(6-8-17)33-24(25,26)27/h4-11,13-14,20,31H,12H2,1-3H3. The van der Waals surface area contributed by atoms with Crippen molar-refractivity contribution in [1.82, 2.24) is 9.55 Å². The van der Waals surface area contributed by atoms with Crippen molar-refractivity contribution in [3.8, 4) is 17.2 Å². The number of halogens is 3. The SMILES string of the molecule is CC1CC(C(C)(C)O)Oc2ccc(-n3ccnc(Sc4ccc(OC(F)(F)F)cc4)c3=O)cc21. The summed E-state index contributed by atoms with van der Waals surface area (Å²) in [6, 6.07) is 10.7. The molecule has 0 aliphatic carbocycles. The molecule has 0 saturated carbocycles. The molecule has 1 aromatic heterocycles. The van der Waals surface area contributed by atoms with Gasteiger partial charge in [-0.25, -0.2) is 4.98 Å². The summed E-state index contributed by atoms with van der Waals surface area (Å²) in [4.78, 5) is 17.8. The number of aliphatic hydroxyl groups is 1. The number of hydrogen-bond acceptors (Lipinski definition) is 6. The number of aromatic nitrogens is 2. The molecule has 3 aromatic rings. The van der Waals surface area contributed by atoms with Gasteiger partial charge in [-0.05, 0) is 74.2 Å². The van der Waals surface area contributed by atoms with E-state index in [1.807, 2.05) is 13.0 Å². The van der Waals surface area contributed by atoms with Crippen molar-refractivity contribution in [2.24, 2.45) is 0 Å². The van der Waals surface area contributed by atoms with E-state index in [1.54, 1.807) is 32.2 Å². The summed E-state index contributed by atoms with van der Waals surface area (Å²) in [6.07, 6.45) is -1.41. The summed E-state index contributed by atoms with van der Waals surface area (Å²) in [5.41, 5.74) is 0.243. The van der Waals surface area contributed by atoms with Crippen LogP contribution in [0.15, 0.2) is 69.6 Å². The Labute approximate surface area is 198 Å². The van der Waals surface area contributed by atoms with Crippen molar-refractivity contribution < 1.29 is 27.8 Å². The van der Waals surface area contributed by atoms with E-state index >= 15 is 0 Å². The van der Waals surface area contributed by atoms with Crippen LogP contribution in [0.3, 0.4) is 0 Å². The molecule has 34 heavy (non-hydrogen) atoms. The third kappa shape index (κ3) is 5.39. The Hall–Kier alpha value is -2.98. The van der Waals surface area contributed by atoms with Gasteiger partial charge in [0.25, 0.3) is 5.56 Å². The van der Waals surface area contributed by atoms with E-state index < -0.39 is 12.0 Å². The van der Waals surface area contributed by atoms with Crippen LogP contribution in [-0.2, 0) is 0 Å². The Morgan fingerprint density at radius 2 is 1.88 bits per heavy atom. The predicted molar refractivity (Wildman–Crippen MR) is 121 cm³/mol. The van der Waals surface area contributed by atoms with Gasteiger partial charge in [0.15, 0.2) is 5.03 Å². The molecular weight excluding hydrogens is 469 g/mol. The molecule has 10 heteroatoms. The molecule has 0 spiro atoms. The van der Waals surface area contributed by atoms with Gasteiger partial charge < -0.3 is 14.6 Å². The van der Waals surface area contributed by atoms with E-state index in [0.717, 1.165) is 17.3 Å². The molecule has 0 radical (unpaired) electrons. The topological polar surface area (TPSA) is 73.6 Å². The second-order valence-corrected chi connectivity index (χ2v) is 9.71. The average molecular weight is 493 g/mol. The molecule has 0 amide bonds. The Balaban J connectivity index is 1.58. The van der Waals surface area contributed by atoms with Crippen molar-refractivity contribution in [2.75, 3.05) is 0 Å². The smallest absolute Gasteiger partial charge is 0.487 e. The molecule has 0 bridgehead atoms. The maximum absolute atomic E-state index is 13.1. The maximum atomic E-state index is 13.1. The molecular formula is C24H23F3N2O4S. The predicted octanol–water partition coefficient (Wildman–Crippen LogP) is 5.31. The van der Waals surface area contributed by atoms with Crippen LogP contribution in [0.5, 0.6) is 11.5 Å². The highest BCUT2D eigenvalue weighted by atomic mass is 32.2. The van der Waals surface area contributed by atoms with Crippen LogP contribution < -0.4 is 15.0 Å². The second kappa shape index (κ2) is 8.99. The van der Waals surface area contributed by atoms with Gasteiger partial charge in [-0.3, -0.25) is 9.36 Å². The van der Waals surface area contributed by atoms with Crippen LogP contribution in [0.1, 0.15) is 38.7 Å². The van der Waals surface area contributed by atoms with Gasteiger partial charge in [0.2, 0.25) is 0 Å². The monoisotopic (exact) mass is 492 g/mol. The number of ether oxygens (including phenoxy) is 2. The first-order valence-electron chi connectivity index (χ1n) is 10.6. The number of rotatable bonds is 5. The Morgan fingerprint density at radius 1 is 1.18 bits per heavy atom. The van der Waals surface area contributed by atoms with Crippen molar-refractivity contribution in [3.63, 3.8) is 0 Å². The molecule has 2 atom stereocenters. The lowest BCUT2D eigenvalue weighted by molar-refractivity contribution is -0.274. The van der Waals surface area contributed by atoms with E-state index in [-0.39, 0.29) is 28.4 Å². The van der Waals surface area contributed by atoms with Gasteiger partial charge in [0.1, 0.15) is 17.6 Å². The summed E-state index contributed by atoms with van der Waals surface area (Å²) in [6.45, 7) is 5.49. The summed E-state index contributed by atoms with van der Waals surface area (Å²) < 4.78 is 48.4. The Kier molecular flexibility index (Phi) is 6.39. The molecule has 1 N–H and O–H groups in total. The lowest BCUT2D eigenvalue weighted by Gasteiger charge is -2.37. The zero-order chi connectivity index (χ0) is 24.7. The van der Waals surface area contributed by atoms with Crippen LogP contribution in [0.4, 0.5) is 13.2 Å². The zero-order valence-corrected chi connectivity index (χ0v) is 19.5.